The summed E-state index contributed by atoms with van der Waals surface area (Å²) in [7, 11) is -10.7. The van der Waals surface area contributed by atoms with Crippen molar-refractivity contribution >= 4 is 7.81 Å². The van der Waals surface area contributed by atoms with Gasteiger partial charge in [-0.2, -0.15) is 0 Å². The van der Waals surface area contributed by atoms with Crippen LogP contribution in [0.5, 0.6) is 0 Å². The predicted molar refractivity (Wildman–Crippen MR) is 111 cm³/mol. The molecule has 0 unspecified atom stereocenters. The van der Waals surface area contributed by atoms with Crippen LogP contribution in [0.1, 0.15) is 0 Å². The second-order valence-electron chi connectivity index (χ2n) is 5.06. The van der Waals surface area contributed by atoms with Crippen molar-refractivity contribution in [2.45, 2.75) is 0 Å². The van der Waals surface area contributed by atoms with Gasteiger partial charge in [-0.25, -0.2) is 0 Å². The number of nitrogens with zero attached hydrogens (tertiary/aromatic N) is 4. The number of rotatable bonds is 0. The fourth-order valence-electron chi connectivity index (χ4n) is 1.25. The number of hydrogen-bond acceptors (Lipinski definition) is 4. The predicted octanol–water partition coefficient (Wildman–Crippen LogP) is 7.71. The standard InChI is InChI=1S/4C5H5N.Cu.F6P/c4*1-2-4-6-5-3-1;;1-7(2,3,4,5)6/h4*1-5H;;/q;;;;+1;-1. The van der Waals surface area contributed by atoms with Gasteiger partial charge in [0.2, 0.25) is 0 Å². The maximum absolute atomic E-state index is 10.7. The van der Waals surface area contributed by atoms with Crippen molar-refractivity contribution in [2.75, 3.05) is 0 Å². The Labute approximate surface area is 192 Å². The SMILES string of the molecule is F[P-](F)(F)(F)(F)F.[Cu+].c1ccncc1.c1ccncc1.c1ccncc1.c1ccncc1. The first-order chi connectivity index (χ1) is 14.4. The van der Waals surface area contributed by atoms with E-state index in [1.807, 2.05) is 72.8 Å². The minimum absolute atomic E-state index is 0. The van der Waals surface area contributed by atoms with Crippen LogP contribution in [-0.2, 0) is 17.1 Å². The molecule has 0 bridgehead atoms. The molecule has 178 valence electrons. The van der Waals surface area contributed by atoms with E-state index in [1.165, 1.54) is 0 Å². The van der Waals surface area contributed by atoms with Gasteiger partial charge in [0, 0.05) is 49.6 Å². The molecule has 0 saturated carbocycles. The first-order valence-corrected chi connectivity index (χ1v) is 10.4. The van der Waals surface area contributed by atoms with Gasteiger partial charge >= 0.3 is 50.1 Å². The zero-order valence-electron chi connectivity index (χ0n) is 16.4. The van der Waals surface area contributed by atoms with Crippen LogP contribution in [0.4, 0.5) is 25.2 Å². The summed E-state index contributed by atoms with van der Waals surface area (Å²) in [6.45, 7) is 0. The average molecular weight is 525 g/mol. The number of aromatic nitrogens is 4. The van der Waals surface area contributed by atoms with Gasteiger partial charge in [0.05, 0.1) is 0 Å². The van der Waals surface area contributed by atoms with Gasteiger partial charge in [0.25, 0.3) is 0 Å². The Balaban J connectivity index is 0. The number of pyridine rings is 4. The van der Waals surface area contributed by atoms with E-state index >= 15 is 0 Å². The number of halogens is 6. The first kappa shape index (κ1) is 31.3. The summed E-state index contributed by atoms with van der Waals surface area (Å²) in [6.07, 6.45) is 14.0. The Morgan fingerprint density at radius 2 is 0.438 bits per heavy atom. The summed E-state index contributed by atoms with van der Waals surface area (Å²) >= 11 is 0. The largest absolute Gasteiger partial charge is 1.00 e. The fraction of sp³-hybridized carbons (Fsp3) is 0. The Morgan fingerprint density at radius 1 is 0.312 bits per heavy atom. The van der Waals surface area contributed by atoms with Crippen molar-refractivity contribution in [1.29, 1.82) is 0 Å². The van der Waals surface area contributed by atoms with Crippen LogP contribution in [0.3, 0.4) is 0 Å². The quantitative estimate of drug-likeness (QED) is 0.134. The zero-order valence-corrected chi connectivity index (χ0v) is 18.2. The van der Waals surface area contributed by atoms with Crippen molar-refractivity contribution in [3.05, 3.63) is 122 Å². The average Bonchev–Trinajstić information content (AvgIpc) is 2.78. The summed E-state index contributed by atoms with van der Waals surface area (Å²) in [5.41, 5.74) is 0. The minimum atomic E-state index is -10.7. The van der Waals surface area contributed by atoms with Gasteiger partial charge in [-0.3, -0.25) is 19.9 Å². The van der Waals surface area contributed by atoms with Crippen molar-refractivity contribution < 1.29 is 42.3 Å². The van der Waals surface area contributed by atoms with Gasteiger partial charge in [-0.15, -0.1) is 0 Å². The number of hydrogen-bond donors (Lipinski definition) is 0. The van der Waals surface area contributed by atoms with Gasteiger partial charge in [-0.05, 0) is 48.5 Å². The molecule has 0 aliphatic carbocycles. The van der Waals surface area contributed by atoms with Gasteiger partial charge in [0.15, 0.2) is 0 Å². The van der Waals surface area contributed by atoms with E-state index < -0.39 is 7.81 Å². The van der Waals surface area contributed by atoms with Crippen LogP contribution in [0, 0.1) is 0 Å². The van der Waals surface area contributed by atoms with Crippen LogP contribution < -0.4 is 0 Å². The molecule has 0 fully saturated rings. The third-order valence-electron chi connectivity index (χ3n) is 2.27. The third-order valence-corrected chi connectivity index (χ3v) is 2.27. The van der Waals surface area contributed by atoms with Gasteiger partial charge in [0.1, 0.15) is 0 Å². The van der Waals surface area contributed by atoms with E-state index in [1.54, 1.807) is 49.6 Å². The van der Waals surface area contributed by atoms with Crippen LogP contribution >= 0.6 is 7.81 Å². The molecule has 12 heteroatoms. The molecule has 4 rings (SSSR count). The summed E-state index contributed by atoms with van der Waals surface area (Å²) in [5.74, 6) is 0. The molecular formula is C20H20CuF6N4P. The maximum atomic E-state index is 9.87. The third kappa shape index (κ3) is 41.5. The Hall–Kier alpha value is -2.87. The van der Waals surface area contributed by atoms with Crippen LogP contribution in [0.15, 0.2) is 122 Å². The van der Waals surface area contributed by atoms with E-state index in [-0.39, 0.29) is 17.1 Å². The van der Waals surface area contributed by atoms with Gasteiger partial charge < -0.3 is 0 Å². The smallest absolute Gasteiger partial charge is 0.265 e. The minimum Gasteiger partial charge on any atom is -0.265 e. The van der Waals surface area contributed by atoms with Crippen molar-refractivity contribution in [1.82, 2.24) is 19.9 Å². The maximum Gasteiger partial charge on any atom is 1.00 e. The molecule has 0 radical (unpaired) electrons. The summed E-state index contributed by atoms with van der Waals surface area (Å²) < 4.78 is 59.2. The topological polar surface area (TPSA) is 51.6 Å². The Kier molecular flexibility index (Phi) is 15.5. The Morgan fingerprint density at radius 3 is 0.469 bits per heavy atom. The second-order valence-corrected chi connectivity index (χ2v) is 6.97. The molecule has 0 saturated heterocycles. The van der Waals surface area contributed by atoms with Crippen molar-refractivity contribution in [3.8, 4) is 0 Å². The van der Waals surface area contributed by atoms with Crippen molar-refractivity contribution in [2.24, 2.45) is 0 Å². The molecule has 4 heterocycles. The van der Waals surface area contributed by atoms with E-state index in [0.717, 1.165) is 0 Å². The van der Waals surface area contributed by atoms with Crippen LogP contribution in [0.2, 0.25) is 0 Å². The van der Waals surface area contributed by atoms with E-state index in [2.05, 4.69) is 19.9 Å². The molecule has 0 spiro atoms. The van der Waals surface area contributed by atoms with E-state index in [4.69, 9.17) is 0 Å². The van der Waals surface area contributed by atoms with Crippen LogP contribution in [-0.4, -0.2) is 19.9 Å². The molecule has 0 atom stereocenters. The summed E-state index contributed by atoms with van der Waals surface area (Å²) in [4.78, 5) is 15.1. The molecule has 0 aliphatic rings. The molecule has 0 aromatic carbocycles. The summed E-state index contributed by atoms with van der Waals surface area (Å²) in [6, 6.07) is 22.9. The molecule has 0 amide bonds. The zero-order chi connectivity index (χ0) is 23.4. The first-order valence-electron chi connectivity index (χ1n) is 8.41. The van der Waals surface area contributed by atoms with E-state index in [9.17, 15) is 25.2 Å². The van der Waals surface area contributed by atoms with Crippen LogP contribution in [0.25, 0.3) is 0 Å². The molecule has 4 nitrogen and oxygen atoms in total. The normalized spacial score (nSPS) is 11.1. The molecule has 32 heavy (non-hydrogen) atoms. The molecule has 0 aliphatic heterocycles. The Bertz CT molecular complexity index is 633. The van der Waals surface area contributed by atoms with E-state index in [0.29, 0.717) is 0 Å². The summed E-state index contributed by atoms with van der Waals surface area (Å²) in [5, 5.41) is 0. The van der Waals surface area contributed by atoms with Crippen molar-refractivity contribution in [3.63, 3.8) is 0 Å². The molecule has 4 aromatic heterocycles. The molecule has 4 aromatic rings. The molecular weight excluding hydrogens is 505 g/mol. The molecule has 0 N–H and O–H groups in total. The fourth-order valence-corrected chi connectivity index (χ4v) is 1.25. The monoisotopic (exact) mass is 524 g/mol. The van der Waals surface area contributed by atoms with Gasteiger partial charge in [-0.1, -0.05) is 24.3 Å². The second kappa shape index (κ2) is 15.9.